The molecule has 2 rings (SSSR count). The molecule has 19 heavy (non-hydrogen) atoms. The summed E-state index contributed by atoms with van der Waals surface area (Å²) in [5.41, 5.74) is 8.05. The second-order valence-corrected chi connectivity index (χ2v) is 5.26. The van der Waals surface area contributed by atoms with Gasteiger partial charge in [-0.05, 0) is 24.6 Å². The molecule has 0 aliphatic carbocycles. The third-order valence-corrected chi connectivity index (χ3v) is 3.85. The number of anilines is 1. The van der Waals surface area contributed by atoms with Crippen LogP contribution in [0.1, 0.15) is 11.1 Å². The Labute approximate surface area is 115 Å². The predicted octanol–water partition coefficient (Wildman–Crippen LogP) is 3.78. The number of rotatable bonds is 4. The lowest BCUT2D eigenvalue weighted by atomic mass is 10.2. The summed E-state index contributed by atoms with van der Waals surface area (Å²) < 4.78 is 0. The van der Waals surface area contributed by atoms with E-state index in [-0.39, 0.29) is 11.4 Å². The van der Waals surface area contributed by atoms with Crippen LogP contribution in [0.5, 0.6) is 0 Å². The van der Waals surface area contributed by atoms with Gasteiger partial charge in [-0.1, -0.05) is 29.8 Å². The quantitative estimate of drug-likeness (QED) is 0.399. The molecule has 2 aromatic rings. The molecule has 0 saturated carbocycles. The number of hydrogen-bond acceptors (Lipinski definition) is 4. The molecule has 0 aromatic heterocycles. The molecule has 0 aliphatic heterocycles. The van der Waals surface area contributed by atoms with Gasteiger partial charge in [0.25, 0.3) is 5.69 Å². The molecule has 0 spiro atoms. The lowest BCUT2D eigenvalue weighted by Crippen LogP contribution is -1.99. The zero-order chi connectivity index (χ0) is 13.8. The fraction of sp³-hybridized carbons (Fsp3) is 0.143. The molecular formula is C14H14N2O2S. The minimum atomic E-state index is -0.449. The number of nitrogens with zero attached hydrogens (tertiary/aromatic N) is 1. The van der Waals surface area contributed by atoms with Crippen molar-refractivity contribution < 1.29 is 4.92 Å². The molecule has 2 aromatic carbocycles. The van der Waals surface area contributed by atoms with Crippen molar-refractivity contribution in [2.24, 2.45) is 0 Å². The number of benzene rings is 2. The van der Waals surface area contributed by atoms with Gasteiger partial charge in [-0.3, -0.25) is 10.1 Å². The van der Waals surface area contributed by atoms with Crippen LogP contribution in [0.25, 0.3) is 0 Å². The number of para-hydroxylation sites is 1. The van der Waals surface area contributed by atoms with Crippen molar-refractivity contribution in [1.82, 2.24) is 0 Å². The highest BCUT2D eigenvalue weighted by Gasteiger charge is 2.14. The van der Waals surface area contributed by atoms with E-state index in [1.165, 1.54) is 11.6 Å². The minimum absolute atomic E-state index is 0.0259. The lowest BCUT2D eigenvalue weighted by molar-refractivity contribution is -0.383. The van der Waals surface area contributed by atoms with E-state index in [0.29, 0.717) is 5.75 Å². The van der Waals surface area contributed by atoms with E-state index in [0.717, 1.165) is 10.5 Å². The van der Waals surface area contributed by atoms with E-state index < -0.39 is 4.92 Å². The molecule has 0 bridgehead atoms. The van der Waals surface area contributed by atoms with Gasteiger partial charge >= 0.3 is 0 Å². The van der Waals surface area contributed by atoms with Crippen LogP contribution in [0.2, 0.25) is 0 Å². The van der Waals surface area contributed by atoms with Crippen LogP contribution in [-0.4, -0.2) is 4.92 Å². The standard InChI is InChI=1S/C14H14N2O2S/c1-10-5-7-12(8-6-10)19-9-11-3-2-4-13(14(11)15)16(17)18/h2-8H,9,15H2,1H3. The van der Waals surface area contributed by atoms with Crippen LogP contribution in [0.4, 0.5) is 11.4 Å². The Bertz CT molecular complexity index is 597. The smallest absolute Gasteiger partial charge is 0.292 e. The molecule has 0 radical (unpaired) electrons. The van der Waals surface area contributed by atoms with E-state index in [4.69, 9.17) is 5.73 Å². The topological polar surface area (TPSA) is 69.2 Å². The largest absolute Gasteiger partial charge is 0.393 e. The van der Waals surface area contributed by atoms with Crippen LogP contribution in [0, 0.1) is 17.0 Å². The van der Waals surface area contributed by atoms with Crippen LogP contribution in [0.3, 0.4) is 0 Å². The van der Waals surface area contributed by atoms with E-state index in [1.54, 1.807) is 17.8 Å². The van der Waals surface area contributed by atoms with Crippen molar-refractivity contribution in [1.29, 1.82) is 0 Å². The van der Waals surface area contributed by atoms with E-state index in [1.807, 2.05) is 37.3 Å². The first-order valence-corrected chi connectivity index (χ1v) is 6.77. The normalized spacial score (nSPS) is 10.4. The number of hydrogen-bond donors (Lipinski definition) is 1. The van der Waals surface area contributed by atoms with Gasteiger partial charge in [0.15, 0.2) is 0 Å². The SMILES string of the molecule is Cc1ccc(SCc2cccc([N+](=O)[O-])c2N)cc1. The first-order valence-electron chi connectivity index (χ1n) is 5.79. The highest BCUT2D eigenvalue weighted by atomic mass is 32.2. The molecule has 0 heterocycles. The maximum Gasteiger partial charge on any atom is 0.292 e. The summed E-state index contributed by atoms with van der Waals surface area (Å²) in [7, 11) is 0. The molecule has 0 atom stereocenters. The Morgan fingerprint density at radius 1 is 1.21 bits per heavy atom. The third-order valence-electron chi connectivity index (χ3n) is 2.79. The van der Waals surface area contributed by atoms with E-state index in [2.05, 4.69) is 0 Å². The molecule has 0 aliphatic rings. The molecule has 0 unspecified atom stereocenters. The highest BCUT2D eigenvalue weighted by molar-refractivity contribution is 7.98. The van der Waals surface area contributed by atoms with Gasteiger partial charge in [0.1, 0.15) is 5.69 Å². The Morgan fingerprint density at radius 2 is 1.89 bits per heavy atom. The van der Waals surface area contributed by atoms with Crippen molar-refractivity contribution in [3.63, 3.8) is 0 Å². The maximum atomic E-state index is 10.8. The second-order valence-electron chi connectivity index (χ2n) is 4.21. The third kappa shape index (κ3) is 3.26. The van der Waals surface area contributed by atoms with Gasteiger partial charge in [-0.25, -0.2) is 0 Å². The minimum Gasteiger partial charge on any atom is -0.393 e. The predicted molar refractivity (Wildman–Crippen MR) is 78.2 cm³/mol. The van der Waals surface area contributed by atoms with E-state index in [9.17, 15) is 10.1 Å². The number of nitrogens with two attached hydrogens (primary N) is 1. The van der Waals surface area contributed by atoms with Gasteiger partial charge in [0, 0.05) is 16.7 Å². The van der Waals surface area contributed by atoms with Crippen molar-refractivity contribution in [2.75, 3.05) is 5.73 Å². The molecule has 5 heteroatoms. The van der Waals surface area contributed by atoms with Crippen molar-refractivity contribution >= 4 is 23.1 Å². The van der Waals surface area contributed by atoms with Gasteiger partial charge in [0.2, 0.25) is 0 Å². The summed E-state index contributed by atoms with van der Waals surface area (Å²) in [6.07, 6.45) is 0. The van der Waals surface area contributed by atoms with Crippen molar-refractivity contribution in [3.05, 3.63) is 63.7 Å². The fourth-order valence-corrected chi connectivity index (χ4v) is 2.58. The summed E-state index contributed by atoms with van der Waals surface area (Å²) in [6.45, 7) is 2.03. The molecule has 4 nitrogen and oxygen atoms in total. The summed E-state index contributed by atoms with van der Waals surface area (Å²) in [5, 5.41) is 10.8. The number of aryl methyl sites for hydroxylation is 1. The van der Waals surface area contributed by atoms with Crippen molar-refractivity contribution in [3.8, 4) is 0 Å². The van der Waals surface area contributed by atoms with Crippen LogP contribution < -0.4 is 5.73 Å². The number of nitro groups is 1. The Hall–Kier alpha value is -2.01. The monoisotopic (exact) mass is 274 g/mol. The summed E-state index contributed by atoms with van der Waals surface area (Å²) in [4.78, 5) is 11.5. The van der Waals surface area contributed by atoms with Gasteiger partial charge in [-0.2, -0.15) is 0 Å². The van der Waals surface area contributed by atoms with Gasteiger partial charge < -0.3 is 5.73 Å². The molecule has 2 N–H and O–H groups in total. The molecule has 0 fully saturated rings. The number of nitrogen functional groups attached to an aromatic ring is 1. The average molecular weight is 274 g/mol. The van der Waals surface area contributed by atoms with Crippen LogP contribution >= 0.6 is 11.8 Å². The molecule has 0 saturated heterocycles. The Balaban J connectivity index is 2.13. The maximum absolute atomic E-state index is 10.8. The molecular weight excluding hydrogens is 260 g/mol. The molecule has 98 valence electrons. The Morgan fingerprint density at radius 3 is 2.53 bits per heavy atom. The first-order chi connectivity index (χ1) is 9.08. The summed E-state index contributed by atoms with van der Waals surface area (Å²) in [6, 6.07) is 13.1. The highest BCUT2D eigenvalue weighted by Crippen LogP contribution is 2.30. The fourth-order valence-electron chi connectivity index (χ4n) is 1.68. The van der Waals surface area contributed by atoms with Gasteiger partial charge in [-0.15, -0.1) is 11.8 Å². The average Bonchev–Trinajstić information content (AvgIpc) is 2.39. The summed E-state index contributed by atoms with van der Waals surface area (Å²) >= 11 is 1.61. The second kappa shape index (κ2) is 5.75. The lowest BCUT2D eigenvalue weighted by Gasteiger charge is -2.06. The van der Waals surface area contributed by atoms with Crippen LogP contribution in [0.15, 0.2) is 47.4 Å². The number of thioether (sulfide) groups is 1. The molecule has 0 amide bonds. The first kappa shape index (κ1) is 13.4. The Kier molecular flexibility index (Phi) is 4.06. The van der Waals surface area contributed by atoms with Crippen molar-refractivity contribution in [2.45, 2.75) is 17.6 Å². The van der Waals surface area contributed by atoms with Gasteiger partial charge in [0.05, 0.1) is 4.92 Å². The van der Waals surface area contributed by atoms with E-state index >= 15 is 0 Å². The zero-order valence-electron chi connectivity index (χ0n) is 10.5. The zero-order valence-corrected chi connectivity index (χ0v) is 11.3. The van der Waals surface area contributed by atoms with Crippen LogP contribution in [-0.2, 0) is 5.75 Å². The summed E-state index contributed by atoms with van der Waals surface area (Å²) in [5.74, 6) is 0.622. The number of nitro benzene ring substituents is 1.